The van der Waals surface area contributed by atoms with Crippen molar-refractivity contribution in [1.29, 1.82) is 0 Å². The summed E-state index contributed by atoms with van der Waals surface area (Å²) in [5, 5.41) is 0. The predicted octanol–water partition coefficient (Wildman–Crippen LogP) is 4.25. The zero-order valence-electron chi connectivity index (χ0n) is 11.1. The van der Waals surface area contributed by atoms with Gasteiger partial charge in [-0.2, -0.15) is 0 Å². The van der Waals surface area contributed by atoms with Gasteiger partial charge < -0.3 is 0 Å². The van der Waals surface area contributed by atoms with Crippen molar-refractivity contribution in [3.8, 4) is 0 Å². The van der Waals surface area contributed by atoms with Crippen LogP contribution in [0.15, 0.2) is 36.4 Å². The summed E-state index contributed by atoms with van der Waals surface area (Å²) in [6.45, 7) is 3.32. The Bertz CT molecular complexity index is 599. The first-order valence-corrected chi connectivity index (χ1v) is 7.54. The summed E-state index contributed by atoms with van der Waals surface area (Å²) in [5.74, 6) is -0.224. The molecule has 0 unspecified atom stereocenters. The fourth-order valence-electron chi connectivity index (χ4n) is 1.89. The molecule has 0 spiro atoms. The first-order chi connectivity index (χ1) is 9.60. The molecule has 5 heteroatoms. The summed E-state index contributed by atoms with van der Waals surface area (Å²) >= 11 is 7.10. The third-order valence-electron chi connectivity index (χ3n) is 3.01. The lowest BCUT2D eigenvalue weighted by atomic mass is 10.2. The van der Waals surface area contributed by atoms with Crippen molar-refractivity contribution < 1.29 is 9.18 Å². The number of carbonyl (C=O) groups excluding carboxylic acids is 1. The van der Waals surface area contributed by atoms with E-state index in [1.165, 1.54) is 17.4 Å². The molecule has 2 rings (SSSR count). The van der Waals surface area contributed by atoms with E-state index in [0.717, 1.165) is 0 Å². The quantitative estimate of drug-likeness (QED) is 0.744. The van der Waals surface area contributed by atoms with Crippen molar-refractivity contribution in [1.82, 2.24) is 4.90 Å². The molecule has 2 nitrogen and oxygen atoms in total. The van der Waals surface area contributed by atoms with Crippen LogP contribution in [0.3, 0.4) is 0 Å². The first-order valence-electron chi connectivity index (χ1n) is 6.34. The highest BCUT2D eigenvalue weighted by atomic mass is 35.5. The third kappa shape index (κ3) is 3.88. The van der Waals surface area contributed by atoms with Crippen molar-refractivity contribution >= 4 is 28.7 Å². The summed E-state index contributed by atoms with van der Waals surface area (Å²) in [6, 6.07) is 10.1. The van der Waals surface area contributed by atoms with Crippen LogP contribution in [0.1, 0.15) is 22.2 Å². The highest BCUT2D eigenvalue weighted by Crippen LogP contribution is 2.22. The van der Waals surface area contributed by atoms with Crippen LogP contribution in [-0.2, 0) is 6.54 Å². The maximum atomic E-state index is 13.6. The van der Waals surface area contributed by atoms with E-state index in [1.54, 1.807) is 30.3 Å². The molecule has 0 amide bonds. The zero-order valence-corrected chi connectivity index (χ0v) is 12.7. The molecular weight excluding hydrogens is 297 g/mol. The van der Waals surface area contributed by atoms with Crippen LogP contribution in [0.25, 0.3) is 0 Å². The number of hydrogen-bond donors (Lipinski definition) is 0. The number of Topliss-reactive ketones (excluding diaryl/α,β-unsaturated/α-hetero) is 1. The molecule has 1 heterocycles. The van der Waals surface area contributed by atoms with E-state index in [2.05, 4.69) is 0 Å². The van der Waals surface area contributed by atoms with Gasteiger partial charge in [0.2, 0.25) is 0 Å². The molecule has 0 N–H and O–H groups in total. The van der Waals surface area contributed by atoms with Crippen LogP contribution in [0.2, 0.25) is 4.34 Å². The monoisotopic (exact) mass is 311 g/mol. The lowest BCUT2D eigenvalue weighted by Crippen LogP contribution is -2.29. The number of likely N-dealkylation sites (N-methyl/N-ethyl adjacent to an activating group) is 1. The highest BCUT2D eigenvalue weighted by Gasteiger charge is 2.14. The van der Waals surface area contributed by atoms with Crippen LogP contribution in [-0.4, -0.2) is 23.8 Å². The Morgan fingerprint density at radius 2 is 2.05 bits per heavy atom. The molecule has 1 aromatic carbocycles. The normalized spacial score (nSPS) is 11.0. The number of halogens is 2. The number of benzene rings is 1. The van der Waals surface area contributed by atoms with Crippen molar-refractivity contribution in [2.75, 3.05) is 13.1 Å². The van der Waals surface area contributed by atoms with Crippen molar-refractivity contribution in [3.05, 3.63) is 57.0 Å². The average molecular weight is 312 g/mol. The molecule has 0 atom stereocenters. The van der Waals surface area contributed by atoms with Gasteiger partial charge in [0, 0.05) is 12.1 Å². The molecule has 0 bridgehead atoms. The molecule has 0 radical (unpaired) electrons. The smallest absolute Gasteiger partial charge is 0.186 e. The number of rotatable bonds is 6. The minimum atomic E-state index is -0.238. The minimum absolute atomic E-state index is 0.0140. The van der Waals surface area contributed by atoms with Crippen LogP contribution >= 0.6 is 22.9 Å². The second kappa shape index (κ2) is 6.97. The Labute approximate surface area is 126 Å². The average Bonchev–Trinajstić information content (AvgIpc) is 2.87. The van der Waals surface area contributed by atoms with Crippen LogP contribution in [0, 0.1) is 5.82 Å². The van der Waals surface area contributed by atoms with Gasteiger partial charge in [-0.05, 0) is 24.7 Å². The van der Waals surface area contributed by atoms with Gasteiger partial charge in [-0.25, -0.2) is 4.39 Å². The van der Waals surface area contributed by atoms with E-state index in [4.69, 9.17) is 11.6 Å². The zero-order chi connectivity index (χ0) is 14.5. The summed E-state index contributed by atoms with van der Waals surface area (Å²) in [5.41, 5.74) is 0.603. The number of hydrogen-bond acceptors (Lipinski definition) is 3. The number of nitrogens with zero attached hydrogens (tertiary/aromatic N) is 1. The van der Waals surface area contributed by atoms with Gasteiger partial charge in [0.1, 0.15) is 5.82 Å². The van der Waals surface area contributed by atoms with E-state index in [1.807, 2.05) is 11.8 Å². The van der Waals surface area contributed by atoms with E-state index < -0.39 is 0 Å². The Kier molecular flexibility index (Phi) is 5.29. The molecule has 20 heavy (non-hydrogen) atoms. The lowest BCUT2D eigenvalue weighted by molar-refractivity contribution is 0.0932. The van der Waals surface area contributed by atoms with Gasteiger partial charge in [0.25, 0.3) is 0 Å². The molecule has 0 aliphatic rings. The third-order valence-corrected chi connectivity index (χ3v) is 4.29. The van der Waals surface area contributed by atoms with Crippen molar-refractivity contribution in [3.63, 3.8) is 0 Å². The van der Waals surface area contributed by atoms with Gasteiger partial charge >= 0.3 is 0 Å². The molecule has 0 fully saturated rings. The maximum Gasteiger partial charge on any atom is 0.186 e. The molecule has 0 aliphatic heterocycles. The standard InChI is InChI=1S/C15H15ClFNOS/c1-2-18(9-11-5-3-4-6-12(11)17)10-13(19)14-7-8-15(16)20-14/h3-8H,2,9-10H2,1H3. The largest absolute Gasteiger partial charge is 0.292 e. The van der Waals surface area contributed by atoms with Gasteiger partial charge in [0.05, 0.1) is 15.8 Å². The Morgan fingerprint density at radius 3 is 2.65 bits per heavy atom. The fraction of sp³-hybridized carbons (Fsp3) is 0.267. The Morgan fingerprint density at radius 1 is 1.30 bits per heavy atom. The van der Waals surface area contributed by atoms with Gasteiger partial charge in [0.15, 0.2) is 5.78 Å². The second-order valence-corrected chi connectivity index (χ2v) is 6.14. The minimum Gasteiger partial charge on any atom is -0.292 e. The SMILES string of the molecule is CCN(CC(=O)c1ccc(Cl)s1)Cc1ccccc1F. The molecule has 0 saturated carbocycles. The molecule has 106 valence electrons. The Balaban J connectivity index is 2.02. The molecule has 0 aliphatic carbocycles. The first kappa shape index (κ1) is 15.2. The van der Waals surface area contributed by atoms with E-state index in [9.17, 15) is 9.18 Å². The summed E-state index contributed by atoms with van der Waals surface area (Å²) in [6.07, 6.45) is 0. The highest BCUT2D eigenvalue weighted by molar-refractivity contribution is 7.18. The van der Waals surface area contributed by atoms with Gasteiger partial charge in [-0.3, -0.25) is 9.69 Å². The molecule has 0 saturated heterocycles. The lowest BCUT2D eigenvalue weighted by Gasteiger charge is -2.19. The van der Waals surface area contributed by atoms with Crippen LogP contribution < -0.4 is 0 Å². The topological polar surface area (TPSA) is 20.3 Å². The van der Waals surface area contributed by atoms with E-state index in [0.29, 0.717) is 27.9 Å². The van der Waals surface area contributed by atoms with Crippen molar-refractivity contribution in [2.24, 2.45) is 0 Å². The van der Waals surface area contributed by atoms with E-state index >= 15 is 0 Å². The number of carbonyl (C=O) groups is 1. The van der Waals surface area contributed by atoms with Gasteiger partial charge in [-0.15, -0.1) is 11.3 Å². The van der Waals surface area contributed by atoms with Crippen LogP contribution in [0.4, 0.5) is 4.39 Å². The van der Waals surface area contributed by atoms with E-state index in [-0.39, 0.29) is 18.1 Å². The summed E-state index contributed by atoms with van der Waals surface area (Å²) < 4.78 is 14.2. The predicted molar refractivity (Wildman–Crippen MR) is 81.0 cm³/mol. The second-order valence-electron chi connectivity index (χ2n) is 4.42. The summed E-state index contributed by atoms with van der Waals surface area (Å²) in [7, 11) is 0. The summed E-state index contributed by atoms with van der Waals surface area (Å²) in [4.78, 5) is 14.7. The maximum absolute atomic E-state index is 13.6. The van der Waals surface area contributed by atoms with Crippen LogP contribution in [0.5, 0.6) is 0 Å². The molecular formula is C15H15ClFNOS. The van der Waals surface area contributed by atoms with Crippen molar-refractivity contribution in [2.45, 2.75) is 13.5 Å². The molecule has 1 aromatic heterocycles. The number of ketones is 1. The number of thiophene rings is 1. The fourth-order valence-corrected chi connectivity index (χ4v) is 2.87. The Hall–Kier alpha value is -1.23. The van der Waals surface area contributed by atoms with Gasteiger partial charge in [-0.1, -0.05) is 36.7 Å². The molecule has 2 aromatic rings.